The van der Waals surface area contributed by atoms with Crippen molar-refractivity contribution in [2.24, 2.45) is 0 Å². The van der Waals surface area contributed by atoms with Crippen LogP contribution in [0, 0.1) is 6.92 Å². The molecule has 0 unspecified atom stereocenters. The fourth-order valence-corrected chi connectivity index (χ4v) is 1.78. The van der Waals surface area contributed by atoms with Gasteiger partial charge in [0.05, 0.1) is 11.3 Å². The molecule has 6 heteroatoms. The Morgan fingerprint density at radius 2 is 1.81 bits per heavy atom. The highest BCUT2D eigenvalue weighted by Gasteiger charge is 2.10. The lowest BCUT2D eigenvalue weighted by Crippen LogP contribution is -2.19. The van der Waals surface area contributed by atoms with Crippen LogP contribution in [0.5, 0.6) is 5.75 Å². The number of hydrogen-bond donors (Lipinski definition) is 4. The van der Waals surface area contributed by atoms with Gasteiger partial charge in [-0.2, -0.15) is 0 Å². The topological polar surface area (TPSA) is 98.7 Å². The molecular weight excluding hydrogens is 272 g/mol. The van der Waals surface area contributed by atoms with Crippen molar-refractivity contribution in [3.63, 3.8) is 0 Å². The van der Waals surface area contributed by atoms with Gasteiger partial charge in [0.25, 0.3) is 0 Å². The minimum atomic E-state index is -1.15. The van der Waals surface area contributed by atoms with Gasteiger partial charge in [0.1, 0.15) is 5.75 Å². The second-order valence-corrected chi connectivity index (χ2v) is 4.49. The van der Waals surface area contributed by atoms with E-state index in [0.717, 1.165) is 11.6 Å². The number of phenols is 1. The van der Waals surface area contributed by atoms with Crippen molar-refractivity contribution in [3.8, 4) is 5.75 Å². The SMILES string of the molecule is Cc1cccc(NC(=O)Nc2ccc(C(=O)O)cc2O)c1. The van der Waals surface area contributed by atoms with E-state index in [1.165, 1.54) is 12.1 Å². The highest BCUT2D eigenvalue weighted by molar-refractivity contribution is 6.01. The third-order valence-corrected chi connectivity index (χ3v) is 2.77. The van der Waals surface area contributed by atoms with E-state index < -0.39 is 12.0 Å². The second-order valence-electron chi connectivity index (χ2n) is 4.49. The fraction of sp³-hybridized carbons (Fsp3) is 0.0667. The molecule has 0 spiro atoms. The number of amides is 2. The largest absolute Gasteiger partial charge is 0.506 e. The van der Waals surface area contributed by atoms with Crippen LogP contribution in [0.15, 0.2) is 42.5 Å². The lowest BCUT2D eigenvalue weighted by Gasteiger charge is -2.10. The van der Waals surface area contributed by atoms with Crippen LogP contribution in [0.1, 0.15) is 15.9 Å². The number of carboxylic acids is 1. The van der Waals surface area contributed by atoms with Crippen molar-refractivity contribution in [2.75, 3.05) is 10.6 Å². The Kier molecular flexibility index (Phi) is 4.08. The minimum Gasteiger partial charge on any atom is -0.506 e. The van der Waals surface area contributed by atoms with Gasteiger partial charge >= 0.3 is 12.0 Å². The normalized spacial score (nSPS) is 9.95. The fourth-order valence-electron chi connectivity index (χ4n) is 1.78. The van der Waals surface area contributed by atoms with E-state index in [4.69, 9.17) is 5.11 Å². The first-order valence-corrected chi connectivity index (χ1v) is 6.16. The summed E-state index contributed by atoms with van der Waals surface area (Å²) >= 11 is 0. The average molecular weight is 286 g/mol. The number of anilines is 2. The van der Waals surface area contributed by atoms with Crippen molar-refractivity contribution < 1.29 is 19.8 Å². The standard InChI is InChI=1S/C15H14N2O4/c1-9-3-2-4-11(7-9)16-15(21)17-12-6-5-10(14(19)20)8-13(12)18/h2-8,18H,1H3,(H,19,20)(H2,16,17,21). The van der Waals surface area contributed by atoms with Gasteiger partial charge in [0.15, 0.2) is 0 Å². The number of carbonyl (C=O) groups excluding carboxylic acids is 1. The molecule has 0 heterocycles. The van der Waals surface area contributed by atoms with E-state index in [-0.39, 0.29) is 17.0 Å². The van der Waals surface area contributed by atoms with E-state index in [9.17, 15) is 14.7 Å². The average Bonchev–Trinajstić information content (AvgIpc) is 2.40. The van der Waals surface area contributed by atoms with Gasteiger partial charge < -0.3 is 20.8 Å². The van der Waals surface area contributed by atoms with Crippen LogP contribution in [-0.4, -0.2) is 22.2 Å². The minimum absolute atomic E-state index is 0.0582. The summed E-state index contributed by atoms with van der Waals surface area (Å²) in [6.07, 6.45) is 0. The molecular formula is C15H14N2O4. The molecule has 2 aromatic carbocycles. The monoisotopic (exact) mass is 286 g/mol. The maximum atomic E-state index is 11.8. The molecule has 2 rings (SSSR count). The van der Waals surface area contributed by atoms with Crippen LogP contribution in [0.2, 0.25) is 0 Å². The van der Waals surface area contributed by atoms with Crippen LogP contribution in [-0.2, 0) is 0 Å². The number of aromatic hydroxyl groups is 1. The van der Waals surface area contributed by atoms with E-state index in [1.54, 1.807) is 12.1 Å². The number of aryl methyl sites for hydroxylation is 1. The zero-order valence-electron chi connectivity index (χ0n) is 11.3. The molecule has 108 valence electrons. The van der Waals surface area contributed by atoms with Crippen molar-refractivity contribution in [1.82, 2.24) is 0 Å². The lowest BCUT2D eigenvalue weighted by molar-refractivity contribution is 0.0696. The molecule has 0 saturated heterocycles. The van der Waals surface area contributed by atoms with Gasteiger partial charge in [-0.3, -0.25) is 0 Å². The maximum absolute atomic E-state index is 11.8. The number of carboxylic acid groups (broad SMARTS) is 1. The number of aromatic carboxylic acids is 1. The Hall–Kier alpha value is -3.02. The van der Waals surface area contributed by atoms with Crippen LogP contribution >= 0.6 is 0 Å². The Bertz CT molecular complexity index is 698. The molecule has 2 aromatic rings. The number of phenolic OH excluding ortho intramolecular Hbond substituents is 1. The quantitative estimate of drug-likeness (QED) is 0.652. The predicted molar refractivity (Wildman–Crippen MR) is 78.9 cm³/mol. The van der Waals surface area contributed by atoms with Gasteiger partial charge in [0, 0.05) is 5.69 Å². The summed E-state index contributed by atoms with van der Waals surface area (Å²) in [6, 6.07) is 10.4. The summed E-state index contributed by atoms with van der Waals surface area (Å²) in [6.45, 7) is 1.90. The van der Waals surface area contributed by atoms with E-state index in [0.29, 0.717) is 5.69 Å². The summed E-state index contributed by atoms with van der Waals surface area (Å²) in [5.41, 5.74) is 1.69. The Balaban J connectivity index is 2.08. The molecule has 0 radical (unpaired) electrons. The first kappa shape index (κ1) is 14.4. The van der Waals surface area contributed by atoms with Gasteiger partial charge in [0.2, 0.25) is 0 Å². The Morgan fingerprint density at radius 1 is 1.05 bits per heavy atom. The van der Waals surface area contributed by atoms with Crippen LogP contribution < -0.4 is 10.6 Å². The molecule has 2 amide bonds. The zero-order chi connectivity index (χ0) is 15.4. The number of rotatable bonds is 3. The number of benzene rings is 2. The predicted octanol–water partition coefficient (Wildman–Crippen LogP) is 3.04. The number of hydrogen-bond acceptors (Lipinski definition) is 3. The van der Waals surface area contributed by atoms with Crippen molar-refractivity contribution in [2.45, 2.75) is 6.92 Å². The van der Waals surface area contributed by atoms with Gasteiger partial charge in [-0.05, 0) is 42.8 Å². The first-order valence-electron chi connectivity index (χ1n) is 6.16. The molecule has 0 aliphatic heterocycles. The lowest BCUT2D eigenvalue weighted by atomic mass is 10.2. The molecule has 6 nitrogen and oxygen atoms in total. The number of carbonyl (C=O) groups is 2. The maximum Gasteiger partial charge on any atom is 0.335 e. The molecule has 0 atom stereocenters. The molecule has 0 aliphatic carbocycles. The summed E-state index contributed by atoms with van der Waals surface area (Å²) < 4.78 is 0. The van der Waals surface area contributed by atoms with Crippen molar-refractivity contribution in [1.29, 1.82) is 0 Å². The molecule has 0 bridgehead atoms. The Morgan fingerprint density at radius 3 is 2.43 bits per heavy atom. The van der Waals surface area contributed by atoms with Crippen LogP contribution in [0.25, 0.3) is 0 Å². The molecule has 0 aromatic heterocycles. The van der Waals surface area contributed by atoms with Crippen LogP contribution in [0.4, 0.5) is 16.2 Å². The van der Waals surface area contributed by atoms with E-state index in [2.05, 4.69) is 10.6 Å². The third-order valence-electron chi connectivity index (χ3n) is 2.77. The number of urea groups is 1. The van der Waals surface area contributed by atoms with E-state index in [1.807, 2.05) is 19.1 Å². The van der Waals surface area contributed by atoms with Gasteiger partial charge in [-0.25, -0.2) is 9.59 Å². The molecule has 0 saturated carbocycles. The van der Waals surface area contributed by atoms with Gasteiger partial charge in [-0.1, -0.05) is 12.1 Å². The summed E-state index contributed by atoms with van der Waals surface area (Å²) in [7, 11) is 0. The summed E-state index contributed by atoms with van der Waals surface area (Å²) in [5, 5.41) is 23.6. The van der Waals surface area contributed by atoms with E-state index >= 15 is 0 Å². The first-order chi connectivity index (χ1) is 9.95. The van der Waals surface area contributed by atoms with Crippen molar-refractivity contribution in [3.05, 3.63) is 53.6 Å². The van der Waals surface area contributed by atoms with Gasteiger partial charge in [-0.15, -0.1) is 0 Å². The molecule has 4 N–H and O–H groups in total. The van der Waals surface area contributed by atoms with Crippen molar-refractivity contribution >= 4 is 23.4 Å². The highest BCUT2D eigenvalue weighted by Crippen LogP contribution is 2.24. The Labute approximate surface area is 121 Å². The second kappa shape index (κ2) is 5.96. The third kappa shape index (κ3) is 3.73. The summed E-state index contributed by atoms with van der Waals surface area (Å²) in [4.78, 5) is 22.6. The number of nitrogens with one attached hydrogen (secondary N) is 2. The smallest absolute Gasteiger partial charge is 0.335 e. The molecule has 0 aliphatic rings. The van der Waals surface area contributed by atoms with Crippen LogP contribution in [0.3, 0.4) is 0 Å². The highest BCUT2D eigenvalue weighted by atomic mass is 16.4. The molecule has 21 heavy (non-hydrogen) atoms. The summed E-state index contributed by atoms with van der Waals surface area (Å²) in [5.74, 6) is -1.46. The zero-order valence-corrected chi connectivity index (χ0v) is 11.3. The molecule has 0 fully saturated rings.